The lowest BCUT2D eigenvalue weighted by Crippen LogP contribution is -2.49. The van der Waals surface area contributed by atoms with Gasteiger partial charge in [0.15, 0.2) is 7.51 Å². The summed E-state index contributed by atoms with van der Waals surface area (Å²) in [5.74, 6) is 0. The van der Waals surface area contributed by atoms with Gasteiger partial charge < -0.3 is 0 Å². The number of hydrogen-bond donors (Lipinski definition) is 0. The third kappa shape index (κ3) is 3.31. The molecule has 0 spiro atoms. The van der Waals surface area contributed by atoms with E-state index in [9.17, 15) is 0 Å². The molecule has 0 heterocycles. The van der Waals surface area contributed by atoms with Crippen molar-refractivity contribution < 1.29 is 0 Å². The molecule has 0 atom stereocenters. The minimum atomic E-state index is -1.78. The fourth-order valence-electron chi connectivity index (χ4n) is 2.68. The van der Waals surface area contributed by atoms with E-state index in [1.807, 2.05) is 7.05 Å². The minimum Gasteiger partial charge on any atom is -0.264 e. The Labute approximate surface area is 108 Å². The van der Waals surface area contributed by atoms with Gasteiger partial charge in [-0.05, 0) is 62.8 Å². The smallest absolute Gasteiger partial charge is 0.167 e. The van der Waals surface area contributed by atoms with Crippen LogP contribution in [0, 0.1) is 0 Å². The van der Waals surface area contributed by atoms with Crippen LogP contribution in [0.15, 0.2) is 4.74 Å². The normalized spacial score (nSPS) is 14.2. The van der Waals surface area contributed by atoms with Crippen molar-refractivity contribution in [2.24, 2.45) is 4.74 Å². The van der Waals surface area contributed by atoms with Crippen LogP contribution < -0.4 is 0 Å². The predicted octanol–water partition coefficient (Wildman–Crippen LogP) is 3.19. The molecular formula is C12H31N4P. The molecule has 0 rings (SSSR count). The highest BCUT2D eigenvalue weighted by atomic mass is 31.2. The molecule has 104 valence electrons. The maximum Gasteiger partial charge on any atom is 0.167 e. The molecule has 0 aromatic heterocycles. The molecule has 0 amide bonds. The summed E-state index contributed by atoms with van der Waals surface area (Å²) >= 11 is 0. The Morgan fingerprint density at radius 3 is 1.35 bits per heavy atom. The van der Waals surface area contributed by atoms with Crippen molar-refractivity contribution in [1.29, 1.82) is 0 Å². The number of nitrogens with zero attached hydrogens (tertiary/aromatic N) is 4. The van der Waals surface area contributed by atoms with E-state index in [-0.39, 0.29) is 5.54 Å². The third-order valence-electron chi connectivity index (χ3n) is 2.81. The molecule has 0 aliphatic rings. The molecule has 5 heteroatoms. The summed E-state index contributed by atoms with van der Waals surface area (Å²) in [5.41, 5.74) is 0.0932. The van der Waals surface area contributed by atoms with Crippen LogP contribution in [0.3, 0.4) is 0 Å². The van der Waals surface area contributed by atoms with Crippen molar-refractivity contribution in [2.45, 2.75) is 46.2 Å². The summed E-state index contributed by atoms with van der Waals surface area (Å²) in [4.78, 5) is 0. The second-order valence-electron chi connectivity index (χ2n) is 6.04. The van der Waals surface area contributed by atoms with Gasteiger partial charge in [0.25, 0.3) is 0 Å². The highest BCUT2D eigenvalue weighted by molar-refractivity contribution is 7.59. The monoisotopic (exact) mass is 262 g/mol. The van der Waals surface area contributed by atoms with Gasteiger partial charge in [0, 0.05) is 18.6 Å². The van der Waals surface area contributed by atoms with E-state index in [0.717, 1.165) is 0 Å². The van der Waals surface area contributed by atoms with Crippen molar-refractivity contribution in [2.75, 3.05) is 35.2 Å². The highest BCUT2D eigenvalue weighted by Crippen LogP contribution is 2.59. The molecule has 0 aliphatic heterocycles. The molecule has 0 N–H and O–H groups in total. The van der Waals surface area contributed by atoms with Crippen LogP contribution in [0.5, 0.6) is 0 Å². The Bertz CT molecular complexity index is 277. The summed E-state index contributed by atoms with van der Waals surface area (Å²) in [7, 11) is 8.66. The molecule has 0 aromatic carbocycles. The van der Waals surface area contributed by atoms with Crippen LogP contribution in [-0.2, 0) is 0 Å². The molecule has 0 fully saturated rings. The zero-order chi connectivity index (χ0) is 14.0. The molecule has 0 unspecified atom stereocenters. The van der Waals surface area contributed by atoms with Gasteiger partial charge in [-0.25, -0.2) is 4.67 Å². The number of rotatable bonds is 4. The first kappa shape index (κ1) is 17.1. The first-order valence-corrected chi connectivity index (χ1v) is 7.77. The first-order valence-electron chi connectivity index (χ1n) is 6.17. The largest absolute Gasteiger partial charge is 0.264 e. The lowest BCUT2D eigenvalue weighted by molar-refractivity contribution is 0.195. The van der Waals surface area contributed by atoms with Crippen LogP contribution >= 0.6 is 7.51 Å². The van der Waals surface area contributed by atoms with Crippen LogP contribution in [0.2, 0.25) is 0 Å². The Hall–Kier alpha value is 0.110. The zero-order valence-electron chi connectivity index (χ0n) is 13.3. The fraction of sp³-hybridized carbons (Fsp3) is 1.00. The summed E-state index contributed by atoms with van der Waals surface area (Å²) in [6, 6.07) is 0.455. The predicted molar refractivity (Wildman–Crippen MR) is 79.4 cm³/mol. The first-order chi connectivity index (χ1) is 7.51. The minimum absolute atomic E-state index is 0.0932. The summed E-state index contributed by atoms with van der Waals surface area (Å²) < 4.78 is 11.9. The molecule has 4 nitrogen and oxygen atoms in total. The SMILES string of the molecule is CN=P(N(C)C)(N(C)C)N(C(C)C)C(C)(C)C. The molecule has 0 saturated carbocycles. The van der Waals surface area contributed by atoms with Crippen LogP contribution in [-0.4, -0.2) is 60.8 Å². The molecule has 0 aromatic rings. The molecule has 0 bridgehead atoms. The Morgan fingerprint density at radius 2 is 1.29 bits per heavy atom. The second kappa shape index (κ2) is 5.83. The van der Waals surface area contributed by atoms with E-state index in [1.165, 1.54) is 0 Å². The fourth-order valence-corrected chi connectivity index (χ4v) is 6.50. The zero-order valence-corrected chi connectivity index (χ0v) is 14.2. The van der Waals surface area contributed by atoms with E-state index < -0.39 is 7.51 Å². The van der Waals surface area contributed by atoms with Gasteiger partial charge in [-0.3, -0.25) is 14.1 Å². The van der Waals surface area contributed by atoms with Gasteiger partial charge in [-0.1, -0.05) is 0 Å². The Balaban J connectivity index is 5.90. The average molecular weight is 262 g/mol. The third-order valence-corrected chi connectivity index (χ3v) is 7.13. The molecule has 0 aliphatic carbocycles. The summed E-state index contributed by atoms with van der Waals surface area (Å²) in [5, 5.41) is 0. The van der Waals surface area contributed by atoms with Crippen molar-refractivity contribution in [1.82, 2.24) is 14.0 Å². The van der Waals surface area contributed by atoms with E-state index in [4.69, 9.17) is 4.74 Å². The van der Waals surface area contributed by atoms with Gasteiger partial charge in [-0.2, -0.15) is 0 Å². The van der Waals surface area contributed by atoms with E-state index in [2.05, 4.69) is 76.8 Å². The topological polar surface area (TPSA) is 22.1 Å². The summed E-state index contributed by atoms with van der Waals surface area (Å²) in [6.07, 6.45) is 0. The van der Waals surface area contributed by atoms with Gasteiger partial charge in [0.05, 0.1) is 0 Å². The summed E-state index contributed by atoms with van der Waals surface area (Å²) in [6.45, 7) is 11.3. The lowest BCUT2D eigenvalue weighted by Gasteiger charge is -2.52. The van der Waals surface area contributed by atoms with E-state index >= 15 is 0 Å². The molecular weight excluding hydrogens is 231 g/mol. The van der Waals surface area contributed by atoms with Crippen molar-refractivity contribution >= 4 is 7.51 Å². The quantitative estimate of drug-likeness (QED) is 0.726. The average Bonchev–Trinajstić information content (AvgIpc) is 2.09. The van der Waals surface area contributed by atoms with Crippen molar-refractivity contribution in [3.05, 3.63) is 0 Å². The van der Waals surface area contributed by atoms with Crippen LogP contribution in [0.4, 0.5) is 0 Å². The van der Waals surface area contributed by atoms with Gasteiger partial charge >= 0.3 is 0 Å². The molecule has 17 heavy (non-hydrogen) atoms. The van der Waals surface area contributed by atoms with Crippen molar-refractivity contribution in [3.8, 4) is 0 Å². The number of hydrogen-bond acceptors (Lipinski definition) is 1. The van der Waals surface area contributed by atoms with Crippen LogP contribution in [0.1, 0.15) is 34.6 Å². The van der Waals surface area contributed by atoms with Gasteiger partial charge in [0.2, 0.25) is 0 Å². The standard InChI is InChI=1S/C12H31N4P/c1-11(2)16(12(3,4)5)17(13-6,14(7)8)15(9)10/h11H,1-10H3. The molecule has 0 radical (unpaired) electrons. The van der Waals surface area contributed by atoms with E-state index in [1.54, 1.807) is 0 Å². The van der Waals surface area contributed by atoms with E-state index in [0.29, 0.717) is 6.04 Å². The van der Waals surface area contributed by atoms with Gasteiger partial charge in [-0.15, -0.1) is 0 Å². The molecule has 0 saturated heterocycles. The maximum absolute atomic E-state index is 4.80. The highest BCUT2D eigenvalue weighted by Gasteiger charge is 2.40. The lowest BCUT2D eigenvalue weighted by atomic mass is 10.1. The Kier molecular flexibility index (Phi) is 5.87. The Morgan fingerprint density at radius 1 is 0.941 bits per heavy atom. The maximum atomic E-state index is 4.80. The van der Waals surface area contributed by atoms with Crippen molar-refractivity contribution in [3.63, 3.8) is 0 Å². The van der Waals surface area contributed by atoms with Gasteiger partial charge in [0.1, 0.15) is 0 Å². The second-order valence-corrected chi connectivity index (χ2v) is 9.54. The van der Waals surface area contributed by atoms with Crippen LogP contribution in [0.25, 0.3) is 0 Å².